The van der Waals surface area contributed by atoms with Gasteiger partial charge in [-0.05, 0) is 24.5 Å². The quantitative estimate of drug-likeness (QED) is 0.697. The average molecular weight is 314 g/mol. The normalized spacial score (nSPS) is 14.3. The fourth-order valence-corrected chi connectivity index (χ4v) is 3.56. The molecule has 0 saturated heterocycles. The molecule has 116 valence electrons. The van der Waals surface area contributed by atoms with Crippen molar-refractivity contribution in [3.05, 3.63) is 45.9 Å². The molecule has 3 rings (SSSR count). The van der Waals surface area contributed by atoms with Gasteiger partial charge in [-0.25, -0.2) is 4.98 Å². The van der Waals surface area contributed by atoms with E-state index < -0.39 is 0 Å². The molecule has 0 radical (unpaired) electrons. The van der Waals surface area contributed by atoms with Gasteiger partial charge in [-0.1, -0.05) is 25.1 Å². The van der Waals surface area contributed by atoms with Crippen LogP contribution < -0.4 is 10.2 Å². The number of para-hydroxylation sites is 1. The summed E-state index contributed by atoms with van der Waals surface area (Å²) in [7, 11) is 1.85. The van der Waals surface area contributed by atoms with Crippen LogP contribution in [-0.2, 0) is 19.3 Å². The van der Waals surface area contributed by atoms with Gasteiger partial charge in [-0.3, -0.25) is 4.99 Å². The van der Waals surface area contributed by atoms with Gasteiger partial charge in [0.25, 0.3) is 0 Å². The first-order chi connectivity index (χ1) is 10.8. The topological polar surface area (TPSA) is 40.5 Å². The van der Waals surface area contributed by atoms with Gasteiger partial charge in [-0.15, -0.1) is 11.3 Å². The maximum atomic E-state index is 4.61. The smallest absolute Gasteiger partial charge is 0.198 e. The number of thiazole rings is 1. The summed E-state index contributed by atoms with van der Waals surface area (Å²) in [6.07, 6.45) is 3.04. The molecule has 1 aliphatic rings. The van der Waals surface area contributed by atoms with E-state index in [1.54, 1.807) is 11.3 Å². The van der Waals surface area contributed by atoms with Crippen LogP contribution in [0.1, 0.15) is 23.2 Å². The van der Waals surface area contributed by atoms with Gasteiger partial charge in [0, 0.05) is 37.6 Å². The van der Waals surface area contributed by atoms with Crippen molar-refractivity contribution in [2.45, 2.75) is 26.2 Å². The molecule has 0 fully saturated rings. The Labute approximate surface area is 135 Å². The van der Waals surface area contributed by atoms with Gasteiger partial charge in [0.15, 0.2) is 5.96 Å². The SMILES string of the molecule is CCc1nc(CCNC(=NC)N2CCc3ccccc32)cs1. The van der Waals surface area contributed by atoms with E-state index in [4.69, 9.17) is 0 Å². The number of fused-ring (bicyclic) bond motifs is 1. The second kappa shape index (κ2) is 6.92. The van der Waals surface area contributed by atoms with E-state index in [1.165, 1.54) is 22.0 Å². The molecule has 1 aromatic heterocycles. The highest BCUT2D eigenvalue weighted by Gasteiger charge is 2.22. The zero-order valence-corrected chi connectivity index (χ0v) is 14.0. The van der Waals surface area contributed by atoms with Crippen molar-refractivity contribution in [1.29, 1.82) is 0 Å². The predicted octanol–water partition coefficient (Wildman–Crippen LogP) is 2.89. The van der Waals surface area contributed by atoms with Crippen molar-refractivity contribution < 1.29 is 0 Å². The summed E-state index contributed by atoms with van der Waals surface area (Å²) in [4.78, 5) is 11.3. The Balaban J connectivity index is 1.59. The lowest BCUT2D eigenvalue weighted by atomic mass is 10.2. The van der Waals surface area contributed by atoms with E-state index >= 15 is 0 Å². The minimum Gasteiger partial charge on any atom is -0.356 e. The molecule has 1 aliphatic heterocycles. The van der Waals surface area contributed by atoms with Crippen LogP contribution in [0.3, 0.4) is 0 Å². The monoisotopic (exact) mass is 314 g/mol. The second-order valence-electron chi connectivity index (χ2n) is 5.34. The Morgan fingerprint density at radius 3 is 3.05 bits per heavy atom. The number of guanidine groups is 1. The van der Waals surface area contributed by atoms with Crippen molar-refractivity contribution >= 4 is 23.0 Å². The standard InChI is InChI=1S/C17H22N4S/c1-3-16-20-14(12-22-16)8-10-19-17(18-2)21-11-9-13-6-4-5-7-15(13)21/h4-7,12H,3,8-11H2,1-2H3,(H,18,19). The fraction of sp³-hybridized carbons (Fsp3) is 0.412. The van der Waals surface area contributed by atoms with Crippen molar-refractivity contribution in [2.75, 3.05) is 25.0 Å². The van der Waals surface area contributed by atoms with Crippen molar-refractivity contribution in [3.63, 3.8) is 0 Å². The van der Waals surface area contributed by atoms with E-state index in [0.29, 0.717) is 0 Å². The molecule has 4 nitrogen and oxygen atoms in total. The van der Waals surface area contributed by atoms with Crippen LogP contribution in [0, 0.1) is 0 Å². The fourth-order valence-electron chi connectivity index (χ4n) is 2.78. The first kappa shape index (κ1) is 15.0. The maximum absolute atomic E-state index is 4.61. The van der Waals surface area contributed by atoms with Gasteiger partial charge in [-0.2, -0.15) is 0 Å². The van der Waals surface area contributed by atoms with Gasteiger partial charge < -0.3 is 10.2 Å². The third-order valence-corrected chi connectivity index (χ3v) is 4.96. The number of nitrogens with zero attached hydrogens (tertiary/aromatic N) is 3. The van der Waals surface area contributed by atoms with Gasteiger partial charge in [0.1, 0.15) is 0 Å². The molecule has 5 heteroatoms. The number of hydrogen-bond acceptors (Lipinski definition) is 3. The minimum absolute atomic E-state index is 0.859. The zero-order valence-electron chi connectivity index (χ0n) is 13.2. The second-order valence-corrected chi connectivity index (χ2v) is 6.28. The van der Waals surface area contributed by atoms with Crippen molar-refractivity contribution in [3.8, 4) is 0 Å². The molecule has 0 spiro atoms. The van der Waals surface area contributed by atoms with Crippen LogP contribution in [0.2, 0.25) is 0 Å². The Morgan fingerprint density at radius 2 is 2.27 bits per heavy atom. The van der Waals surface area contributed by atoms with Gasteiger partial charge >= 0.3 is 0 Å². The van der Waals surface area contributed by atoms with E-state index in [1.807, 2.05) is 7.05 Å². The molecule has 0 amide bonds. The molecule has 2 heterocycles. The number of aromatic nitrogens is 1. The molecule has 0 saturated carbocycles. The molecular formula is C17H22N4S. The van der Waals surface area contributed by atoms with Crippen LogP contribution in [0.15, 0.2) is 34.6 Å². The molecule has 0 atom stereocenters. The lowest BCUT2D eigenvalue weighted by Gasteiger charge is -2.22. The number of hydrogen-bond donors (Lipinski definition) is 1. The van der Waals surface area contributed by atoms with Crippen LogP contribution in [-0.4, -0.2) is 31.1 Å². The molecule has 22 heavy (non-hydrogen) atoms. The molecule has 0 unspecified atom stereocenters. The summed E-state index contributed by atoms with van der Waals surface area (Å²) in [6.45, 7) is 4.00. The molecular weight excluding hydrogens is 292 g/mol. The summed E-state index contributed by atoms with van der Waals surface area (Å²) in [5, 5.41) is 6.85. The zero-order chi connectivity index (χ0) is 15.4. The van der Waals surface area contributed by atoms with Crippen molar-refractivity contribution in [2.24, 2.45) is 4.99 Å². The lowest BCUT2D eigenvalue weighted by molar-refractivity contribution is 0.819. The largest absolute Gasteiger partial charge is 0.356 e. The summed E-state index contributed by atoms with van der Waals surface area (Å²) in [6, 6.07) is 8.56. The van der Waals surface area contributed by atoms with E-state index in [-0.39, 0.29) is 0 Å². The van der Waals surface area contributed by atoms with E-state index in [2.05, 4.69) is 56.8 Å². The highest BCUT2D eigenvalue weighted by atomic mass is 32.1. The Morgan fingerprint density at radius 1 is 1.41 bits per heavy atom. The van der Waals surface area contributed by atoms with E-state index in [0.717, 1.165) is 38.3 Å². The van der Waals surface area contributed by atoms with E-state index in [9.17, 15) is 0 Å². The molecule has 0 bridgehead atoms. The predicted molar refractivity (Wildman–Crippen MR) is 94.0 cm³/mol. The highest BCUT2D eigenvalue weighted by molar-refractivity contribution is 7.09. The molecule has 1 aromatic carbocycles. The highest BCUT2D eigenvalue weighted by Crippen LogP contribution is 2.27. The van der Waals surface area contributed by atoms with Crippen LogP contribution in [0.4, 0.5) is 5.69 Å². The average Bonchev–Trinajstić information content (AvgIpc) is 3.18. The lowest BCUT2D eigenvalue weighted by Crippen LogP contribution is -2.41. The Kier molecular flexibility index (Phi) is 4.73. The number of anilines is 1. The Bertz CT molecular complexity index is 662. The van der Waals surface area contributed by atoms with Gasteiger partial charge in [0.2, 0.25) is 0 Å². The number of nitrogens with one attached hydrogen (secondary N) is 1. The first-order valence-corrected chi connectivity index (χ1v) is 8.69. The molecule has 1 N–H and O–H groups in total. The number of benzene rings is 1. The third-order valence-electron chi connectivity index (χ3n) is 3.92. The van der Waals surface area contributed by atoms with Gasteiger partial charge in [0.05, 0.1) is 10.7 Å². The summed E-state index contributed by atoms with van der Waals surface area (Å²) in [5.74, 6) is 0.955. The van der Waals surface area contributed by atoms with Crippen LogP contribution in [0.25, 0.3) is 0 Å². The minimum atomic E-state index is 0.859. The number of rotatable bonds is 4. The third kappa shape index (κ3) is 3.14. The first-order valence-electron chi connectivity index (χ1n) is 7.81. The van der Waals surface area contributed by atoms with Crippen LogP contribution >= 0.6 is 11.3 Å². The van der Waals surface area contributed by atoms with Crippen LogP contribution in [0.5, 0.6) is 0 Å². The number of aliphatic imine (C=N–C) groups is 1. The molecule has 0 aliphatic carbocycles. The number of aryl methyl sites for hydroxylation is 1. The van der Waals surface area contributed by atoms with Crippen molar-refractivity contribution in [1.82, 2.24) is 10.3 Å². The summed E-state index contributed by atoms with van der Waals surface area (Å²) >= 11 is 1.75. The Hall–Kier alpha value is -1.88. The summed E-state index contributed by atoms with van der Waals surface area (Å²) < 4.78 is 0. The maximum Gasteiger partial charge on any atom is 0.198 e. The summed E-state index contributed by atoms with van der Waals surface area (Å²) in [5.41, 5.74) is 3.85. The molecule has 2 aromatic rings.